The van der Waals surface area contributed by atoms with Crippen molar-refractivity contribution < 1.29 is 22.6 Å². The molecule has 6 nitrogen and oxygen atoms in total. The van der Waals surface area contributed by atoms with Gasteiger partial charge in [-0.25, -0.2) is 22.8 Å². The predicted octanol–water partition coefficient (Wildman–Crippen LogP) is 9.17. The lowest BCUT2D eigenvalue weighted by molar-refractivity contribution is 0.414. The van der Waals surface area contributed by atoms with Crippen LogP contribution >= 0.6 is 0 Å². The van der Waals surface area contributed by atoms with Gasteiger partial charge in [-0.05, 0) is 62.7 Å². The first-order chi connectivity index (χ1) is 21.7. The number of aromatic nitrogens is 4. The maximum atomic E-state index is 14.7. The Hall–Kier alpha value is -5.57. The van der Waals surface area contributed by atoms with Gasteiger partial charge in [0, 0.05) is 58.6 Å². The molecule has 9 heteroatoms. The molecule has 7 aromatic rings. The molecule has 0 aliphatic rings. The minimum absolute atomic E-state index is 0.276. The van der Waals surface area contributed by atoms with Crippen LogP contribution in [0.2, 0.25) is 0 Å². The second-order valence-corrected chi connectivity index (χ2v) is 10.9. The Morgan fingerprint density at radius 2 is 1.44 bits per heavy atom. The van der Waals surface area contributed by atoms with E-state index in [9.17, 15) is 13.2 Å². The molecule has 0 saturated carbocycles. The van der Waals surface area contributed by atoms with E-state index >= 15 is 0 Å². The Labute approximate surface area is 256 Å². The normalized spacial score (nSPS) is 11.4. The van der Waals surface area contributed by atoms with Crippen LogP contribution in [-0.4, -0.2) is 26.4 Å². The second kappa shape index (κ2) is 10.9. The Morgan fingerprint density at radius 3 is 2.22 bits per heavy atom. The number of pyridine rings is 1. The summed E-state index contributed by atoms with van der Waals surface area (Å²) in [6, 6.07) is 24.7. The monoisotopic (exact) mass is 604 g/mol. The van der Waals surface area contributed by atoms with Crippen molar-refractivity contribution in [3.63, 3.8) is 0 Å². The molecular formula is C36H27F3N4O2. The molecule has 7 rings (SSSR count). The molecule has 0 aliphatic heterocycles. The molecule has 0 spiro atoms. The molecule has 0 bridgehead atoms. The molecule has 0 fully saturated rings. The van der Waals surface area contributed by atoms with Crippen LogP contribution < -0.4 is 9.47 Å². The highest BCUT2D eigenvalue weighted by atomic mass is 19.1. The van der Waals surface area contributed by atoms with E-state index in [1.807, 2.05) is 61.5 Å². The number of halogens is 3. The van der Waals surface area contributed by atoms with Gasteiger partial charge in [0.1, 0.15) is 40.5 Å². The lowest BCUT2D eigenvalue weighted by Gasteiger charge is -2.12. The molecule has 0 unspecified atom stereocenters. The van der Waals surface area contributed by atoms with Crippen molar-refractivity contribution in [3.8, 4) is 39.9 Å². The Balaban J connectivity index is 1.31. The number of hydrogen-bond donors (Lipinski definition) is 0. The average molecular weight is 605 g/mol. The van der Waals surface area contributed by atoms with Crippen molar-refractivity contribution >= 4 is 21.8 Å². The van der Waals surface area contributed by atoms with Gasteiger partial charge in [-0.2, -0.15) is 5.10 Å². The smallest absolute Gasteiger partial charge is 0.141 e. The summed E-state index contributed by atoms with van der Waals surface area (Å²) in [5, 5.41) is 6.71. The largest absolute Gasteiger partial charge is 0.497 e. The van der Waals surface area contributed by atoms with Crippen LogP contribution in [0.3, 0.4) is 0 Å². The maximum Gasteiger partial charge on any atom is 0.141 e. The molecule has 4 aromatic carbocycles. The molecule has 3 heterocycles. The van der Waals surface area contributed by atoms with E-state index in [0.717, 1.165) is 27.4 Å². The molecule has 0 atom stereocenters. The van der Waals surface area contributed by atoms with Crippen molar-refractivity contribution in [3.05, 3.63) is 126 Å². The Kier molecular flexibility index (Phi) is 6.81. The van der Waals surface area contributed by atoms with Gasteiger partial charge in [0.25, 0.3) is 0 Å². The van der Waals surface area contributed by atoms with Crippen LogP contribution in [0.25, 0.3) is 44.4 Å². The van der Waals surface area contributed by atoms with Gasteiger partial charge in [0.05, 0.1) is 35.1 Å². The standard InChI is InChI=1S/C36H27F3N4O2/c1-20-13-24(43-22(3)35(21(2)41-43)36-30(38)15-23(37)16-31(36)39)17-27(14-20)45-26-9-10-29-28-7-5-6-8-32(28)42(33(29)18-26)34-19-25(44-4)11-12-40-34/h5-19H,1-4H3. The van der Waals surface area contributed by atoms with E-state index in [2.05, 4.69) is 26.8 Å². The van der Waals surface area contributed by atoms with Crippen LogP contribution in [0.1, 0.15) is 17.0 Å². The number of ether oxygens (including phenoxy) is 2. The highest BCUT2D eigenvalue weighted by Crippen LogP contribution is 2.37. The summed E-state index contributed by atoms with van der Waals surface area (Å²) in [5.74, 6) is -0.370. The number of nitrogens with zero attached hydrogens (tertiary/aromatic N) is 4. The fourth-order valence-corrected chi connectivity index (χ4v) is 5.99. The van der Waals surface area contributed by atoms with Gasteiger partial charge < -0.3 is 9.47 Å². The molecule has 0 amide bonds. The van der Waals surface area contributed by atoms with Gasteiger partial charge in [0.2, 0.25) is 0 Å². The quantitative estimate of drug-likeness (QED) is 0.190. The number of fused-ring (bicyclic) bond motifs is 3. The number of para-hydroxylation sites is 1. The first kappa shape index (κ1) is 28.2. The number of rotatable bonds is 6. The molecule has 0 saturated heterocycles. The zero-order valence-corrected chi connectivity index (χ0v) is 24.9. The summed E-state index contributed by atoms with van der Waals surface area (Å²) in [4.78, 5) is 4.62. The van der Waals surface area contributed by atoms with Gasteiger partial charge in [0.15, 0.2) is 0 Å². The summed E-state index contributed by atoms with van der Waals surface area (Å²) < 4.78 is 58.7. The van der Waals surface area contributed by atoms with Gasteiger partial charge >= 0.3 is 0 Å². The number of aryl methyl sites for hydroxylation is 2. The number of methoxy groups -OCH3 is 1. The zero-order chi connectivity index (χ0) is 31.4. The summed E-state index contributed by atoms with van der Waals surface area (Å²) >= 11 is 0. The molecule has 0 radical (unpaired) electrons. The van der Waals surface area contributed by atoms with Gasteiger partial charge in [-0.3, -0.25) is 4.57 Å². The molecule has 224 valence electrons. The van der Waals surface area contributed by atoms with Crippen molar-refractivity contribution in [2.75, 3.05) is 7.11 Å². The second-order valence-electron chi connectivity index (χ2n) is 10.9. The first-order valence-electron chi connectivity index (χ1n) is 14.3. The lowest BCUT2D eigenvalue weighted by atomic mass is 10.0. The molecule has 0 N–H and O–H groups in total. The fourth-order valence-electron chi connectivity index (χ4n) is 5.99. The average Bonchev–Trinajstić information content (AvgIpc) is 3.49. The van der Waals surface area contributed by atoms with E-state index in [1.165, 1.54) is 0 Å². The van der Waals surface area contributed by atoms with Crippen LogP contribution in [0.5, 0.6) is 17.2 Å². The van der Waals surface area contributed by atoms with E-state index in [-0.39, 0.29) is 11.1 Å². The lowest BCUT2D eigenvalue weighted by Crippen LogP contribution is -2.01. The summed E-state index contributed by atoms with van der Waals surface area (Å²) in [7, 11) is 1.62. The van der Waals surface area contributed by atoms with Crippen molar-refractivity contribution in [1.29, 1.82) is 0 Å². The SMILES string of the molecule is COc1ccnc(-n2c3ccccc3c3ccc(Oc4cc(C)cc(-n5nc(C)c(-c6c(F)cc(F)cc6F)c5C)c4)cc32)c1. The van der Waals surface area contributed by atoms with Crippen molar-refractivity contribution in [2.24, 2.45) is 0 Å². The number of benzene rings is 4. The summed E-state index contributed by atoms with van der Waals surface area (Å²) in [6.45, 7) is 5.32. The number of hydrogen-bond acceptors (Lipinski definition) is 4. The third-order valence-corrected chi connectivity index (χ3v) is 7.89. The van der Waals surface area contributed by atoms with Crippen molar-refractivity contribution in [2.45, 2.75) is 20.8 Å². The third-order valence-electron chi connectivity index (χ3n) is 7.89. The molecule has 3 aromatic heterocycles. The van der Waals surface area contributed by atoms with Crippen LogP contribution in [0.15, 0.2) is 91.1 Å². The molecule has 45 heavy (non-hydrogen) atoms. The molecule has 0 aliphatic carbocycles. The van der Waals surface area contributed by atoms with Crippen LogP contribution in [-0.2, 0) is 0 Å². The summed E-state index contributed by atoms with van der Waals surface area (Å²) in [6.07, 6.45) is 1.71. The van der Waals surface area contributed by atoms with Crippen molar-refractivity contribution in [1.82, 2.24) is 19.3 Å². The first-order valence-corrected chi connectivity index (χ1v) is 14.3. The van der Waals surface area contributed by atoms with E-state index < -0.39 is 17.5 Å². The van der Waals surface area contributed by atoms with Gasteiger partial charge in [-0.1, -0.05) is 18.2 Å². The highest BCUT2D eigenvalue weighted by Gasteiger charge is 2.23. The third kappa shape index (κ3) is 4.86. The van der Waals surface area contributed by atoms with Gasteiger partial charge in [-0.15, -0.1) is 0 Å². The minimum atomic E-state index is -0.983. The van der Waals surface area contributed by atoms with E-state index in [0.29, 0.717) is 52.3 Å². The minimum Gasteiger partial charge on any atom is -0.497 e. The predicted molar refractivity (Wildman–Crippen MR) is 168 cm³/mol. The Morgan fingerprint density at radius 1 is 0.689 bits per heavy atom. The van der Waals surface area contributed by atoms with E-state index in [1.54, 1.807) is 37.9 Å². The summed E-state index contributed by atoms with van der Waals surface area (Å²) in [5.41, 5.74) is 4.33. The topological polar surface area (TPSA) is 54.1 Å². The van der Waals surface area contributed by atoms with Crippen LogP contribution in [0.4, 0.5) is 13.2 Å². The highest BCUT2D eigenvalue weighted by molar-refractivity contribution is 6.09. The fraction of sp³-hybridized carbons (Fsp3) is 0.111. The maximum absolute atomic E-state index is 14.7. The Bertz CT molecular complexity index is 2250. The van der Waals surface area contributed by atoms with Crippen LogP contribution in [0, 0.1) is 38.2 Å². The van der Waals surface area contributed by atoms with E-state index in [4.69, 9.17) is 9.47 Å². The molecular weight excluding hydrogens is 577 g/mol. The zero-order valence-electron chi connectivity index (χ0n) is 24.9.